The number of hydrogen-bond acceptors (Lipinski definition) is 1. The normalized spacial score (nSPS) is 20.5. The fraction of sp³-hybridized carbons (Fsp3) is 0.846. The smallest absolute Gasteiger partial charge is 0.0431 e. The molecule has 0 saturated carbocycles. The van der Waals surface area contributed by atoms with Crippen molar-refractivity contribution in [2.45, 2.75) is 57.8 Å². The van der Waals surface area contributed by atoms with Gasteiger partial charge in [0.25, 0.3) is 0 Å². The van der Waals surface area contributed by atoms with E-state index < -0.39 is 0 Å². The summed E-state index contributed by atoms with van der Waals surface area (Å²) in [5, 5.41) is 8.60. The van der Waals surface area contributed by atoms with Crippen molar-refractivity contribution in [3.05, 3.63) is 12.2 Å². The maximum Gasteiger partial charge on any atom is 0.0431 e. The molecule has 0 unspecified atom stereocenters. The lowest BCUT2D eigenvalue weighted by atomic mass is 10.00. The Balaban J connectivity index is 1.77. The lowest BCUT2D eigenvalue weighted by molar-refractivity contribution is 0.282. The van der Waals surface area contributed by atoms with Gasteiger partial charge in [0.1, 0.15) is 0 Å². The first-order chi connectivity index (χ1) is 6.93. The molecule has 1 rings (SSSR count). The van der Waals surface area contributed by atoms with Crippen LogP contribution in [-0.2, 0) is 0 Å². The number of unbranched alkanes of at least 4 members (excludes halogenated alkanes) is 5. The van der Waals surface area contributed by atoms with Crippen LogP contribution >= 0.6 is 0 Å². The van der Waals surface area contributed by atoms with E-state index in [0.717, 1.165) is 12.3 Å². The molecule has 0 heterocycles. The van der Waals surface area contributed by atoms with E-state index in [9.17, 15) is 0 Å². The fourth-order valence-electron chi connectivity index (χ4n) is 2.16. The third kappa shape index (κ3) is 5.43. The first-order valence-corrected chi connectivity index (χ1v) is 6.21. The summed E-state index contributed by atoms with van der Waals surface area (Å²) in [6.07, 6.45) is 16.5. The zero-order valence-corrected chi connectivity index (χ0v) is 9.25. The Labute approximate surface area is 88.2 Å². The van der Waals surface area contributed by atoms with E-state index in [1.54, 1.807) is 0 Å². The minimum Gasteiger partial charge on any atom is -0.396 e. The van der Waals surface area contributed by atoms with Gasteiger partial charge in [-0.05, 0) is 31.6 Å². The lowest BCUT2D eigenvalue weighted by Crippen LogP contribution is -1.91. The molecule has 0 amide bonds. The van der Waals surface area contributed by atoms with Crippen molar-refractivity contribution < 1.29 is 5.11 Å². The topological polar surface area (TPSA) is 20.2 Å². The van der Waals surface area contributed by atoms with E-state index in [-0.39, 0.29) is 0 Å². The van der Waals surface area contributed by atoms with Crippen LogP contribution in [0.25, 0.3) is 0 Å². The van der Waals surface area contributed by atoms with E-state index in [1.165, 1.54) is 51.4 Å². The van der Waals surface area contributed by atoms with Gasteiger partial charge in [-0.25, -0.2) is 0 Å². The molecule has 0 bridgehead atoms. The minimum absolute atomic E-state index is 0.368. The van der Waals surface area contributed by atoms with Gasteiger partial charge in [0, 0.05) is 6.61 Å². The van der Waals surface area contributed by atoms with Gasteiger partial charge in [0.05, 0.1) is 0 Å². The zero-order chi connectivity index (χ0) is 10.1. The summed E-state index contributed by atoms with van der Waals surface area (Å²) < 4.78 is 0. The summed E-state index contributed by atoms with van der Waals surface area (Å²) >= 11 is 0. The summed E-state index contributed by atoms with van der Waals surface area (Å²) in [5.41, 5.74) is 0. The number of aliphatic hydroxyl groups is 1. The van der Waals surface area contributed by atoms with Crippen LogP contribution in [0.15, 0.2) is 12.2 Å². The van der Waals surface area contributed by atoms with Crippen LogP contribution in [0.1, 0.15) is 57.8 Å². The van der Waals surface area contributed by atoms with Crippen LogP contribution in [0.5, 0.6) is 0 Å². The first-order valence-electron chi connectivity index (χ1n) is 6.21. The highest BCUT2D eigenvalue weighted by atomic mass is 16.2. The standard InChI is InChI=1S/C13H24O/c14-12-8-4-2-1-3-5-9-13-10-6-7-11-13/h6,10,13-14H,1-5,7-9,11-12H2/t13-/m1/s1. The Hall–Kier alpha value is -0.300. The highest BCUT2D eigenvalue weighted by Gasteiger charge is 2.07. The molecule has 0 aromatic carbocycles. The van der Waals surface area contributed by atoms with Crippen LogP contribution < -0.4 is 0 Å². The molecule has 0 aromatic rings. The minimum atomic E-state index is 0.368. The van der Waals surface area contributed by atoms with Gasteiger partial charge in [-0.3, -0.25) is 0 Å². The van der Waals surface area contributed by atoms with Gasteiger partial charge in [-0.1, -0.05) is 44.3 Å². The highest BCUT2D eigenvalue weighted by Crippen LogP contribution is 2.23. The molecular weight excluding hydrogens is 172 g/mol. The second-order valence-corrected chi connectivity index (χ2v) is 4.40. The Bertz CT molecular complexity index is 151. The molecule has 1 heteroatoms. The second kappa shape index (κ2) is 8.05. The van der Waals surface area contributed by atoms with E-state index in [4.69, 9.17) is 5.11 Å². The number of rotatable bonds is 8. The molecule has 0 radical (unpaired) electrons. The van der Waals surface area contributed by atoms with Gasteiger partial charge in [-0.2, -0.15) is 0 Å². The number of aliphatic hydroxyl groups excluding tert-OH is 1. The van der Waals surface area contributed by atoms with Crippen molar-refractivity contribution in [1.29, 1.82) is 0 Å². The second-order valence-electron chi connectivity index (χ2n) is 4.40. The molecule has 1 nitrogen and oxygen atoms in total. The Morgan fingerprint density at radius 1 is 1.00 bits per heavy atom. The quantitative estimate of drug-likeness (QED) is 0.464. The third-order valence-electron chi connectivity index (χ3n) is 3.10. The molecule has 0 spiro atoms. The highest BCUT2D eigenvalue weighted by molar-refractivity contribution is 4.95. The van der Waals surface area contributed by atoms with Crippen LogP contribution in [0.3, 0.4) is 0 Å². The van der Waals surface area contributed by atoms with Gasteiger partial charge in [0.15, 0.2) is 0 Å². The van der Waals surface area contributed by atoms with Gasteiger partial charge in [0.2, 0.25) is 0 Å². The van der Waals surface area contributed by atoms with Gasteiger partial charge < -0.3 is 5.11 Å². The fourth-order valence-corrected chi connectivity index (χ4v) is 2.16. The molecule has 0 aliphatic heterocycles. The van der Waals surface area contributed by atoms with Crippen molar-refractivity contribution in [2.24, 2.45) is 5.92 Å². The van der Waals surface area contributed by atoms with Gasteiger partial charge >= 0.3 is 0 Å². The zero-order valence-electron chi connectivity index (χ0n) is 9.25. The lowest BCUT2D eigenvalue weighted by Gasteiger charge is -2.06. The summed E-state index contributed by atoms with van der Waals surface area (Å²) in [5.74, 6) is 0.896. The monoisotopic (exact) mass is 196 g/mol. The van der Waals surface area contributed by atoms with Crippen LogP contribution in [-0.4, -0.2) is 11.7 Å². The summed E-state index contributed by atoms with van der Waals surface area (Å²) in [4.78, 5) is 0. The van der Waals surface area contributed by atoms with Crippen molar-refractivity contribution in [2.75, 3.05) is 6.61 Å². The molecule has 14 heavy (non-hydrogen) atoms. The van der Waals surface area contributed by atoms with Gasteiger partial charge in [-0.15, -0.1) is 0 Å². The van der Waals surface area contributed by atoms with E-state index in [0.29, 0.717) is 6.61 Å². The maximum absolute atomic E-state index is 8.60. The summed E-state index contributed by atoms with van der Waals surface area (Å²) in [6, 6.07) is 0. The molecule has 1 atom stereocenters. The SMILES string of the molecule is OCCCCCCCC[C@@H]1C=CCC1. The van der Waals surface area contributed by atoms with Crippen LogP contribution in [0, 0.1) is 5.92 Å². The van der Waals surface area contributed by atoms with Crippen molar-refractivity contribution in [1.82, 2.24) is 0 Å². The Morgan fingerprint density at radius 3 is 2.36 bits per heavy atom. The van der Waals surface area contributed by atoms with E-state index in [1.807, 2.05) is 0 Å². The molecule has 82 valence electrons. The molecule has 0 aromatic heterocycles. The summed E-state index contributed by atoms with van der Waals surface area (Å²) in [6.45, 7) is 0.368. The van der Waals surface area contributed by atoms with Crippen LogP contribution in [0.4, 0.5) is 0 Å². The summed E-state index contributed by atoms with van der Waals surface area (Å²) in [7, 11) is 0. The average molecular weight is 196 g/mol. The van der Waals surface area contributed by atoms with Crippen molar-refractivity contribution >= 4 is 0 Å². The predicted octanol–water partition coefficient (Wildman–Crippen LogP) is 3.68. The maximum atomic E-state index is 8.60. The third-order valence-corrected chi connectivity index (χ3v) is 3.10. The van der Waals surface area contributed by atoms with Crippen molar-refractivity contribution in [3.63, 3.8) is 0 Å². The largest absolute Gasteiger partial charge is 0.396 e. The molecule has 0 saturated heterocycles. The Kier molecular flexibility index (Phi) is 6.77. The number of hydrogen-bond donors (Lipinski definition) is 1. The first kappa shape index (κ1) is 11.8. The molecule has 1 N–H and O–H groups in total. The van der Waals surface area contributed by atoms with Crippen molar-refractivity contribution in [3.8, 4) is 0 Å². The Morgan fingerprint density at radius 2 is 1.71 bits per heavy atom. The molecule has 1 aliphatic rings. The van der Waals surface area contributed by atoms with E-state index in [2.05, 4.69) is 12.2 Å². The molecule has 1 aliphatic carbocycles. The van der Waals surface area contributed by atoms with E-state index >= 15 is 0 Å². The number of allylic oxidation sites excluding steroid dienone is 2. The molecule has 0 fully saturated rings. The average Bonchev–Trinajstić information content (AvgIpc) is 2.69. The molecular formula is C13H24O. The predicted molar refractivity (Wildman–Crippen MR) is 61.3 cm³/mol. The van der Waals surface area contributed by atoms with Crippen LogP contribution in [0.2, 0.25) is 0 Å².